The molecule has 19 heavy (non-hydrogen) atoms. The molecule has 1 aliphatic heterocycles. The normalized spacial score (nSPS) is 22.7. The van der Waals surface area contributed by atoms with E-state index in [4.69, 9.17) is 9.84 Å². The van der Waals surface area contributed by atoms with Crippen LogP contribution in [0.3, 0.4) is 0 Å². The van der Waals surface area contributed by atoms with Crippen LogP contribution >= 0.6 is 0 Å². The molecule has 9 heteroatoms. The van der Waals surface area contributed by atoms with Crippen LogP contribution in [0.4, 0.5) is 4.79 Å². The Labute approximate surface area is 111 Å². The number of carbonyl (C=O) groups excluding carboxylic acids is 1. The third-order valence-corrected chi connectivity index (χ3v) is 4.56. The summed E-state index contributed by atoms with van der Waals surface area (Å²) in [6.45, 7) is 0.0497. The number of carbonyl (C=O) groups is 2. The van der Waals surface area contributed by atoms with Gasteiger partial charge in [-0.15, -0.1) is 0 Å². The molecular weight excluding hydrogens is 276 g/mol. The number of amides is 2. The van der Waals surface area contributed by atoms with Gasteiger partial charge in [0.25, 0.3) is 0 Å². The minimum absolute atomic E-state index is 0.0497. The molecule has 0 aromatic heterocycles. The number of methoxy groups -OCH3 is 1. The van der Waals surface area contributed by atoms with Crippen molar-refractivity contribution >= 4 is 21.8 Å². The van der Waals surface area contributed by atoms with Gasteiger partial charge in [-0.2, -0.15) is 0 Å². The van der Waals surface area contributed by atoms with Crippen molar-refractivity contribution in [2.24, 2.45) is 0 Å². The fraction of sp³-hybridized carbons (Fsp3) is 0.800. The molecule has 0 radical (unpaired) electrons. The Morgan fingerprint density at radius 3 is 2.63 bits per heavy atom. The molecule has 8 nitrogen and oxygen atoms in total. The third-order valence-electron chi connectivity index (χ3n) is 2.79. The SMILES string of the molecule is COC(CNC(=O)NC1CCS(=O)(=O)C1)CC(=O)O. The van der Waals surface area contributed by atoms with Crippen LogP contribution in [0.2, 0.25) is 0 Å². The first kappa shape index (κ1) is 15.7. The zero-order chi connectivity index (χ0) is 14.5. The van der Waals surface area contributed by atoms with Crippen LogP contribution in [-0.4, -0.2) is 62.8 Å². The van der Waals surface area contributed by atoms with Crippen LogP contribution in [0.1, 0.15) is 12.8 Å². The van der Waals surface area contributed by atoms with Crippen LogP contribution in [0, 0.1) is 0 Å². The van der Waals surface area contributed by atoms with E-state index in [2.05, 4.69) is 10.6 Å². The first-order valence-electron chi connectivity index (χ1n) is 5.82. The van der Waals surface area contributed by atoms with E-state index < -0.39 is 27.9 Å². The van der Waals surface area contributed by atoms with Crippen molar-refractivity contribution < 1.29 is 27.9 Å². The minimum atomic E-state index is -3.04. The lowest BCUT2D eigenvalue weighted by Crippen LogP contribution is -2.45. The second-order valence-electron chi connectivity index (χ2n) is 4.41. The summed E-state index contributed by atoms with van der Waals surface area (Å²) in [5, 5.41) is 13.6. The molecule has 0 aliphatic carbocycles. The highest BCUT2D eigenvalue weighted by Gasteiger charge is 2.28. The number of ether oxygens (including phenoxy) is 1. The standard InChI is InChI=1S/C10H18N2O6S/c1-18-8(4-9(13)14)5-11-10(15)12-7-2-3-19(16,17)6-7/h7-8H,2-6H2,1H3,(H,13,14)(H2,11,12,15). The summed E-state index contributed by atoms with van der Waals surface area (Å²) in [5.74, 6) is -0.989. The molecule has 1 heterocycles. The number of aliphatic carboxylic acids is 1. The summed E-state index contributed by atoms with van der Waals surface area (Å²) >= 11 is 0. The maximum atomic E-state index is 11.5. The molecule has 0 aromatic rings. The number of carboxylic acid groups (broad SMARTS) is 1. The number of sulfone groups is 1. The van der Waals surface area contributed by atoms with Gasteiger partial charge >= 0.3 is 12.0 Å². The molecule has 1 rings (SSSR count). The fourth-order valence-electron chi connectivity index (χ4n) is 1.79. The number of nitrogens with one attached hydrogen (secondary N) is 2. The zero-order valence-electron chi connectivity index (χ0n) is 10.6. The van der Waals surface area contributed by atoms with Crippen LogP contribution in [-0.2, 0) is 19.4 Å². The number of carboxylic acids is 1. The molecule has 1 fully saturated rings. The molecule has 2 amide bonds. The minimum Gasteiger partial charge on any atom is -0.481 e. The summed E-state index contributed by atoms with van der Waals surface area (Å²) in [5.41, 5.74) is 0. The largest absolute Gasteiger partial charge is 0.481 e. The quantitative estimate of drug-likeness (QED) is 0.575. The van der Waals surface area contributed by atoms with E-state index in [1.54, 1.807) is 0 Å². The zero-order valence-corrected chi connectivity index (χ0v) is 11.4. The van der Waals surface area contributed by atoms with E-state index in [0.29, 0.717) is 6.42 Å². The van der Waals surface area contributed by atoms with Crippen molar-refractivity contribution in [3.63, 3.8) is 0 Å². The number of rotatable bonds is 6. The Kier molecular flexibility index (Phi) is 5.55. The highest BCUT2D eigenvalue weighted by atomic mass is 32.2. The molecule has 1 aliphatic rings. The van der Waals surface area contributed by atoms with Gasteiger partial charge in [0, 0.05) is 19.7 Å². The predicted molar refractivity (Wildman–Crippen MR) is 66.6 cm³/mol. The van der Waals surface area contributed by atoms with Crippen LogP contribution in [0.25, 0.3) is 0 Å². The van der Waals surface area contributed by atoms with Gasteiger partial charge in [0.15, 0.2) is 9.84 Å². The van der Waals surface area contributed by atoms with Gasteiger partial charge in [0.2, 0.25) is 0 Å². The van der Waals surface area contributed by atoms with Gasteiger partial charge < -0.3 is 20.5 Å². The van der Waals surface area contributed by atoms with Crippen molar-refractivity contribution in [2.45, 2.75) is 25.0 Å². The molecule has 0 saturated carbocycles. The molecule has 3 N–H and O–H groups in total. The van der Waals surface area contributed by atoms with Crippen molar-refractivity contribution in [3.05, 3.63) is 0 Å². The average Bonchev–Trinajstić information content (AvgIpc) is 2.63. The Balaban J connectivity index is 2.29. The summed E-state index contributed by atoms with van der Waals surface area (Å²) in [4.78, 5) is 22.0. The molecular formula is C10H18N2O6S. The molecule has 0 aromatic carbocycles. The number of hydrogen-bond acceptors (Lipinski definition) is 5. The van der Waals surface area contributed by atoms with Gasteiger partial charge in [-0.1, -0.05) is 0 Å². The fourth-order valence-corrected chi connectivity index (χ4v) is 3.46. The van der Waals surface area contributed by atoms with Gasteiger partial charge in [-0.05, 0) is 6.42 Å². The Hall–Kier alpha value is -1.35. The second kappa shape index (κ2) is 6.71. The van der Waals surface area contributed by atoms with E-state index in [9.17, 15) is 18.0 Å². The van der Waals surface area contributed by atoms with Crippen LogP contribution in [0.5, 0.6) is 0 Å². The first-order chi connectivity index (χ1) is 8.82. The maximum Gasteiger partial charge on any atom is 0.315 e. The molecule has 0 spiro atoms. The van der Waals surface area contributed by atoms with E-state index in [1.165, 1.54) is 7.11 Å². The third kappa shape index (κ3) is 5.88. The lowest BCUT2D eigenvalue weighted by molar-refractivity contribution is -0.139. The van der Waals surface area contributed by atoms with Crippen molar-refractivity contribution in [1.82, 2.24) is 10.6 Å². The van der Waals surface area contributed by atoms with Crippen LogP contribution in [0.15, 0.2) is 0 Å². The summed E-state index contributed by atoms with van der Waals surface area (Å²) in [6, 6.07) is -0.903. The van der Waals surface area contributed by atoms with Gasteiger partial charge in [0.05, 0.1) is 24.0 Å². The molecule has 1 saturated heterocycles. The highest BCUT2D eigenvalue weighted by molar-refractivity contribution is 7.91. The number of hydrogen-bond donors (Lipinski definition) is 3. The van der Waals surface area contributed by atoms with E-state index in [0.717, 1.165) is 0 Å². The lowest BCUT2D eigenvalue weighted by Gasteiger charge is -2.16. The highest BCUT2D eigenvalue weighted by Crippen LogP contribution is 2.10. The maximum absolute atomic E-state index is 11.5. The average molecular weight is 294 g/mol. The molecule has 2 atom stereocenters. The van der Waals surface area contributed by atoms with Gasteiger partial charge in [-0.25, -0.2) is 13.2 Å². The molecule has 110 valence electrons. The van der Waals surface area contributed by atoms with Crippen molar-refractivity contribution in [2.75, 3.05) is 25.2 Å². The summed E-state index contributed by atoms with van der Waals surface area (Å²) in [7, 11) is -1.68. The van der Waals surface area contributed by atoms with Crippen molar-refractivity contribution in [1.29, 1.82) is 0 Å². The smallest absolute Gasteiger partial charge is 0.315 e. The Bertz CT molecular complexity index is 435. The topological polar surface area (TPSA) is 122 Å². The Morgan fingerprint density at radius 1 is 1.47 bits per heavy atom. The lowest BCUT2D eigenvalue weighted by atomic mass is 10.2. The van der Waals surface area contributed by atoms with E-state index in [1.807, 2.05) is 0 Å². The number of urea groups is 1. The summed E-state index contributed by atoms with van der Waals surface area (Å²) < 4.78 is 27.3. The Morgan fingerprint density at radius 2 is 2.16 bits per heavy atom. The van der Waals surface area contributed by atoms with Gasteiger partial charge in [0.1, 0.15) is 0 Å². The monoisotopic (exact) mass is 294 g/mol. The van der Waals surface area contributed by atoms with E-state index >= 15 is 0 Å². The van der Waals surface area contributed by atoms with Gasteiger partial charge in [-0.3, -0.25) is 4.79 Å². The second-order valence-corrected chi connectivity index (χ2v) is 6.64. The predicted octanol–water partition coefficient (Wildman–Crippen LogP) is -1.04. The first-order valence-corrected chi connectivity index (χ1v) is 7.64. The summed E-state index contributed by atoms with van der Waals surface area (Å²) in [6.07, 6.45) is -0.428. The molecule has 0 bridgehead atoms. The van der Waals surface area contributed by atoms with Crippen LogP contribution < -0.4 is 10.6 Å². The molecule has 2 unspecified atom stereocenters. The van der Waals surface area contributed by atoms with E-state index in [-0.39, 0.29) is 30.5 Å². The van der Waals surface area contributed by atoms with Crippen molar-refractivity contribution in [3.8, 4) is 0 Å².